The van der Waals surface area contributed by atoms with E-state index in [9.17, 15) is 0 Å². The Morgan fingerprint density at radius 1 is 1.24 bits per heavy atom. The molecule has 0 bridgehead atoms. The first kappa shape index (κ1) is 15.6. The minimum atomic E-state index is 0.566. The van der Waals surface area contributed by atoms with E-state index >= 15 is 0 Å². The summed E-state index contributed by atoms with van der Waals surface area (Å²) in [5.41, 5.74) is 8.00. The Hall–Kier alpha value is -1.75. The highest BCUT2D eigenvalue weighted by Crippen LogP contribution is 2.27. The van der Waals surface area contributed by atoms with Crippen LogP contribution in [-0.4, -0.2) is 40.7 Å². The number of nitrogen functional groups attached to an aromatic ring is 1. The number of aryl methyl sites for hydroxylation is 1. The standard InChI is InChI=1S/C16H26N4O/c1-4-19(5-2)11-8-12-20-13-9-7-10-14(21-6-3)15(13)18-16(20)17/h7,9-10H,4-6,8,11-12H2,1-3H3,(H2,17,18). The third kappa shape index (κ3) is 3.47. The van der Waals surface area contributed by atoms with Gasteiger partial charge in [0.15, 0.2) is 0 Å². The summed E-state index contributed by atoms with van der Waals surface area (Å²) in [5.74, 6) is 1.38. The van der Waals surface area contributed by atoms with Crippen molar-refractivity contribution in [3.8, 4) is 5.75 Å². The van der Waals surface area contributed by atoms with Gasteiger partial charge in [0.2, 0.25) is 5.95 Å². The number of para-hydroxylation sites is 1. The van der Waals surface area contributed by atoms with E-state index in [1.807, 2.05) is 19.1 Å². The van der Waals surface area contributed by atoms with E-state index in [-0.39, 0.29) is 0 Å². The second-order valence-electron chi connectivity index (χ2n) is 5.06. The van der Waals surface area contributed by atoms with Crippen LogP contribution in [0.2, 0.25) is 0 Å². The van der Waals surface area contributed by atoms with Crippen LogP contribution in [0.25, 0.3) is 11.0 Å². The minimum Gasteiger partial charge on any atom is -0.492 e. The molecule has 0 atom stereocenters. The molecule has 0 aliphatic rings. The van der Waals surface area contributed by atoms with Crippen molar-refractivity contribution in [2.75, 3.05) is 32.0 Å². The molecule has 1 aromatic heterocycles. The highest BCUT2D eigenvalue weighted by molar-refractivity contribution is 5.84. The minimum absolute atomic E-state index is 0.566. The monoisotopic (exact) mass is 290 g/mol. The van der Waals surface area contributed by atoms with Gasteiger partial charge in [0.05, 0.1) is 12.1 Å². The van der Waals surface area contributed by atoms with Crippen LogP contribution < -0.4 is 10.5 Å². The number of ether oxygens (including phenoxy) is 1. The molecule has 1 aromatic carbocycles. The molecular formula is C16H26N4O. The zero-order valence-corrected chi connectivity index (χ0v) is 13.3. The number of imidazole rings is 1. The molecule has 5 heteroatoms. The summed E-state index contributed by atoms with van der Waals surface area (Å²) in [7, 11) is 0. The zero-order valence-electron chi connectivity index (χ0n) is 13.3. The van der Waals surface area contributed by atoms with Gasteiger partial charge in [-0.3, -0.25) is 0 Å². The van der Waals surface area contributed by atoms with Crippen molar-refractivity contribution in [2.24, 2.45) is 0 Å². The maximum absolute atomic E-state index is 6.08. The van der Waals surface area contributed by atoms with Crippen LogP contribution in [0.15, 0.2) is 18.2 Å². The summed E-state index contributed by atoms with van der Waals surface area (Å²) >= 11 is 0. The fraction of sp³-hybridized carbons (Fsp3) is 0.562. The number of aromatic nitrogens is 2. The third-order valence-electron chi connectivity index (χ3n) is 3.82. The molecule has 0 aliphatic carbocycles. The van der Waals surface area contributed by atoms with E-state index in [4.69, 9.17) is 10.5 Å². The smallest absolute Gasteiger partial charge is 0.201 e. The van der Waals surface area contributed by atoms with Crippen molar-refractivity contribution < 1.29 is 4.74 Å². The molecule has 116 valence electrons. The number of anilines is 1. The summed E-state index contributed by atoms with van der Waals surface area (Å²) < 4.78 is 7.71. The first-order chi connectivity index (χ1) is 10.2. The summed E-state index contributed by atoms with van der Waals surface area (Å²) in [4.78, 5) is 6.89. The molecule has 0 amide bonds. The Morgan fingerprint density at radius 2 is 2.00 bits per heavy atom. The van der Waals surface area contributed by atoms with Crippen LogP contribution in [0.1, 0.15) is 27.2 Å². The predicted molar refractivity (Wildman–Crippen MR) is 87.7 cm³/mol. The van der Waals surface area contributed by atoms with E-state index in [1.54, 1.807) is 0 Å². The Balaban J connectivity index is 2.16. The van der Waals surface area contributed by atoms with Gasteiger partial charge in [-0.15, -0.1) is 0 Å². The van der Waals surface area contributed by atoms with E-state index in [0.29, 0.717) is 12.6 Å². The number of hydrogen-bond acceptors (Lipinski definition) is 4. The predicted octanol–water partition coefficient (Wildman–Crippen LogP) is 2.75. The van der Waals surface area contributed by atoms with Gasteiger partial charge in [-0.25, -0.2) is 4.98 Å². The van der Waals surface area contributed by atoms with Crippen LogP contribution >= 0.6 is 0 Å². The van der Waals surface area contributed by atoms with Crippen molar-refractivity contribution in [3.05, 3.63) is 18.2 Å². The fourth-order valence-corrected chi connectivity index (χ4v) is 2.64. The molecule has 0 saturated heterocycles. The van der Waals surface area contributed by atoms with Gasteiger partial charge in [0, 0.05) is 6.54 Å². The average Bonchev–Trinajstić information content (AvgIpc) is 2.81. The largest absolute Gasteiger partial charge is 0.492 e. The molecule has 21 heavy (non-hydrogen) atoms. The quantitative estimate of drug-likeness (QED) is 0.812. The van der Waals surface area contributed by atoms with Crippen molar-refractivity contribution in [3.63, 3.8) is 0 Å². The fourth-order valence-electron chi connectivity index (χ4n) is 2.64. The Kier molecular flexibility index (Phi) is 5.44. The summed E-state index contributed by atoms with van der Waals surface area (Å²) in [6, 6.07) is 5.99. The van der Waals surface area contributed by atoms with Crippen molar-refractivity contribution in [1.29, 1.82) is 0 Å². The molecule has 0 saturated carbocycles. The Morgan fingerprint density at radius 3 is 2.67 bits per heavy atom. The SMILES string of the molecule is CCOc1cccc2c1nc(N)n2CCCN(CC)CC. The van der Waals surface area contributed by atoms with Gasteiger partial charge in [0.1, 0.15) is 11.3 Å². The maximum atomic E-state index is 6.08. The van der Waals surface area contributed by atoms with Gasteiger partial charge in [-0.1, -0.05) is 19.9 Å². The van der Waals surface area contributed by atoms with Crippen LogP contribution in [0, 0.1) is 0 Å². The van der Waals surface area contributed by atoms with Crippen LogP contribution in [-0.2, 0) is 6.54 Å². The van der Waals surface area contributed by atoms with E-state index in [2.05, 4.69) is 34.4 Å². The molecular weight excluding hydrogens is 264 g/mol. The molecule has 0 spiro atoms. The lowest BCUT2D eigenvalue weighted by molar-refractivity contribution is 0.294. The lowest BCUT2D eigenvalue weighted by Gasteiger charge is -2.18. The van der Waals surface area contributed by atoms with Gasteiger partial charge in [0.25, 0.3) is 0 Å². The summed E-state index contributed by atoms with van der Waals surface area (Å²) in [5, 5.41) is 0. The Bertz CT molecular complexity index is 575. The lowest BCUT2D eigenvalue weighted by Crippen LogP contribution is -2.25. The number of hydrogen-bond donors (Lipinski definition) is 1. The summed E-state index contributed by atoms with van der Waals surface area (Å²) in [6.07, 6.45) is 1.07. The van der Waals surface area contributed by atoms with Crippen LogP contribution in [0.5, 0.6) is 5.75 Å². The molecule has 2 N–H and O–H groups in total. The second kappa shape index (κ2) is 7.31. The van der Waals surface area contributed by atoms with Crippen molar-refractivity contribution in [2.45, 2.75) is 33.7 Å². The first-order valence-electron chi connectivity index (χ1n) is 7.81. The molecule has 0 unspecified atom stereocenters. The van der Waals surface area contributed by atoms with E-state index in [0.717, 1.165) is 49.4 Å². The number of fused-ring (bicyclic) bond motifs is 1. The number of rotatable bonds is 8. The summed E-state index contributed by atoms with van der Waals surface area (Å²) in [6.45, 7) is 11.1. The topological polar surface area (TPSA) is 56.3 Å². The van der Waals surface area contributed by atoms with E-state index < -0.39 is 0 Å². The van der Waals surface area contributed by atoms with E-state index in [1.165, 1.54) is 0 Å². The molecule has 0 aliphatic heterocycles. The van der Waals surface area contributed by atoms with Gasteiger partial charge in [-0.2, -0.15) is 0 Å². The molecule has 2 rings (SSSR count). The molecule has 0 radical (unpaired) electrons. The number of benzene rings is 1. The zero-order chi connectivity index (χ0) is 15.2. The van der Waals surface area contributed by atoms with Gasteiger partial charge in [-0.05, 0) is 45.1 Å². The first-order valence-corrected chi connectivity index (χ1v) is 7.81. The second-order valence-corrected chi connectivity index (χ2v) is 5.06. The number of nitrogens with two attached hydrogens (primary N) is 1. The van der Waals surface area contributed by atoms with Crippen LogP contribution in [0.4, 0.5) is 5.95 Å². The normalized spacial score (nSPS) is 11.4. The van der Waals surface area contributed by atoms with Gasteiger partial charge >= 0.3 is 0 Å². The number of nitrogens with zero attached hydrogens (tertiary/aromatic N) is 3. The van der Waals surface area contributed by atoms with Crippen LogP contribution in [0.3, 0.4) is 0 Å². The maximum Gasteiger partial charge on any atom is 0.201 e. The van der Waals surface area contributed by atoms with Gasteiger partial charge < -0.3 is 19.9 Å². The highest BCUT2D eigenvalue weighted by atomic mass is 16.5. The third-order valence-corrected chi connectivity index (χ3v) is 3.82. The average molecular weight is 290 g/mol. The molecule has 5 nitrogen and oxygen atoms in total. The Labute approximate surface area is 126 Å². The lowest BCUT2D eigenvalue weighted by atomic mass is 10.3. The molecule has 2 aromatic rings. The van der Waals surface area contributed by atoms with Crippen molar-refractivity contribution >= 4 is 17.0 Å². The molecule has 1 heterocycles. The molecule has 0 fully saturated rings. The van der Waals surface area contributed by atoms with Crippen molar-refractivity contribution in [1.82, 2.24) is 14.5 Å². The highest BCUT2D eigenvalue weighted by Gasteiger charge is 2.12.